The Hall–Kier alpha value is -0.570. The molecular weight excluding hydrogens is 281 g/mol. The molecule has 1 aromatic carbocycles. The van der Waals surface area contributed by atoms with Gasteiger partial charge in [0.1, 0.15) is 5.82 Å². The summed E-state index contributed by atoms with van der Waals surface area (Å²) in [6.45, 7) is 0.930. The van der Waals surface area contributed by atoms with Crippen LogP contribution in [0.4, 0.5) is 10.1 Å². The summed E-state index contributed by atoms with van der Waals surface area (Å²) >= 11 is 3.27. The molecular formula is C14H17BrFN. The van der Waals surface area contributed by atoms with Gasteiger partial charge in [-0.05, 0) is 55.2 Å². The van der Waals surface area contributed by atoms with Gasteiger partial charge >= 0.3 is 0 Å². The number of anilines is 1. The van der Waals surface area contributed by atoms with Gasteiger partial charge in [-0.25, -0.2) is 4.39 Å². The van der Waals surface area contributed by atoms with E-state index in [0.717, 1.165) is 28.8 Å². The molecule has 2 fully saturated rings. The van der Waals surface area contributed by atoms with Gasteiger partial charge in [-0.1, -0.05) is 22.4 Å². The largest absolute Gasteiger partial charge is 0.382 e. The Labute approximate surface area is 110 Å². The number of fused-ring (bicyclic) bond motifs is 2. The molecule has 0 radical (unpaired) electrons. The summed E-state index contributed by atoms with van der Waals surface area (Å²) in [6, 6.07) is 5.21. The fourth-order valence-electron chi connectivity index (χ4n) is 3.50. The standard InChI is InChI=1S/C14H17BrFN/c15-12-3-4-14(13(16)7-12)17-8-11-6-9-1-2-10(11)5-9/h3-4,7,9-11,17H,1-2,5-6,8H2. The third kappa shape index (κ3) is 2.35. The van der Waals surface area contributed by atoms with Crippen LogP contribution in [0.15, 0.2) is 22.7 Å². The van der Waals surface area contributed by atoms with Crippen molar-refractivity contribution in [2.24, 2.45) is 17.8 Å². The molecule has 2 aliphatic carbocycles. The monoisotopic (exact) mass is 297 g/mol. The van der Waals surface area contributed by atoms with Crippen LogP contribution in [0.25, 0.3) is 0 Å². The second kappa shape index (κ2) is 4.60. The molecule has 17 heavy (non-hydrogen) atoms. The minimum Gasteiger partial charge on any atom is -0.382 e. The van der Waals surface area contributed by atoms with Crippen LogP contribution in [0.5, 0.6) is 0 Å². The molecule has 0 heterocycles. The Morgan fingerprint density at radius 3 is 2.82 bits per heavy atom. The molecule has 3 unspecified atom stereocenters. The fourth-order valence-corrected chi connectivity index (χ4v) is 3.83. The molecule has 0 aromatic heterocycles. The zero-order chi connectivity index (χ0) is 11.8. The average Bonchev–Trinajstić information content (AvgIpc) is 2.89. The van der Waals surface area contributed by atoms with Gasteiger partial charge in [0.05, 0.1) is 5.69 Å². The lowest BCUT2D eigenvalue weighted by Crippen LogP contribution is -2.20. The van der Waals surface area contributed by atoms with Crippen LogP contribution < -0.4 is 5.32 Å². The third-order valence-electron chi connectivity index (χ3n) is 4.37. The quantitative estimate of drug-likeness (QED) is 0.870. The van der Waals surface area contributed by atoms with Crippen LogP contribution in [-0.2, 0) is 0 Å². The van der Waals surface area contributed by atoms with E-state index in [1.807, 2.05) is 12.1 Å². The number of benzene rings is 1. The van der Waals surface area contributed by atoms with Crippen molar-refractivity contribution in [2.45, 2.75) is 25.7 Å². The van der Waals surface area contributed by atoms with Crippen molar-refractivity contribution in [1.82, 2.24) is 0 Å². The lowest BCUT2D eigenvalue weighted by atomic mass is 9.89. The number of rotatable bonds is 3. The van der Waals surface area contributed by atoms with Crippen LogP contribution >= 0.6 is 15.9 Å². The lowest BCUT2D eigenvalue weighted by molar-refractivity contribution is 0.348. The second-order valence-corrected chi connectivity index (χ2v) is 6.36. The summed E-state index contributed by atoms with van der Waals surface area (Å²) in [4.78, 5) is 0. The Bertz CT molecular complexity index is 421. The smallest absolute Gasteiger partial charge is 0.147 e. The van der Waals surface area contributed by atoms with E-state index in [1.165, 1.54) is 31.7 Å². The molecule has 1 N–H and O–H groups in total. The van der Waals surface area contributed by atoms with Gasteiger partial charge in [0, 0.05) is 11.0 Å². The SMILES string of the molecule is Fc1cc(Br)ccc1NCC1CC2CCC1C2. The average molecular weight is 298 g/mol. The van der Waals surface area contributed by atoms with Gasteiger partial charge < -0.3 is 5.32 Å². The van der Waals surface area contributed by atoms with Crippen molar-refractivity contribution in [3.05, 3.63) is 28.5 Å². The molecule has 2 saturated carbocycles. The molecule has 0 saturated heterocycles. The first-order valence-electron chi connectivity index (χ1n) is 6.41. The number of hydrogen-bond donors (Lipinski definition) is 1. The minimum atomic E-state index is -0.164. The number of hydrogen-bond acceptors (Lipinski definition) is 1. The Balaban J connectivity index is 1.60. The Kier molecular flexibility index (Phi) is 3.12. The lowest BCUT2D eigenvalue weighted by Gasteiger charge is -2.22. The molecule has 92 valence electrons. The first-order valence-corrected chi connectivity index (χ1v) is 7.20. The summed E-state index contributed by atoms with van der Waals surface area (Å²) < 4.78 is 14.4. The summed E-state index contributed by atoms with van der Waals surface area (Å²) in [7, 11) is 0. The van der Waals surface area contributed by atoms with E-state index >= 15 is 0 Å². The minimum absolute atomic E-state index is 0.164. The molecule has 0 aliphatic heterocycles. The summed E-state index contributed by atoms with van der Waals surface area (Å²) in [5.74, 6) is 2.45. The molecule has 1 aromatic rings. The molecule has 0 spiro atoms. The topological polar surface area (TPSA) is 12.0 Å². The number of nitrogens with one attached hydrogen (secondary N) is 1. The third-order valence-corrected chi connectivity index (χ3v) is 4.86. The zero-order valence-corrected chi connectivity index (χ0v) is 11.3. The van der Waals surface area contributed by atoms with Gasteiger partial charge in [0.2, 0.25) is 0 Å². The van der Waals surface area contributed by atoms with Gasteiger partial charge in [-0.2, -0.15) is 0 Å². The van der Waals surface area contributed by atoms with Crippen LogP contribution in [0.2, 0.25) is 0 Å². The van der Waals surface area contributed by atoms with E-state index in [9.17, 15) is 4.39 Å². The maximum atomic E-state index is 13.6. The Morgan fingerprint density at radius 1 is 1.29 bits per heavy atom. The van der Waals surface area contributed by atoms with Crippen molar-refractivity contribution in [1.29, 1.82) is 0 Å². The van der Waals surface area contributed by atoms with Gasteiger partial charge in [0.15, 0.2) is 0 Å². The molecule has 1 nitrogen and oxygen atoms in total. The van der Waals surface area contributed by atoms with E-state index < -0.39 is 0 Å². The summed E-state index contributed by atoms with van der Waals surface area (Å²) in [5, 5.41) is 3.27. The molecule has 3 atom stereocenters. The molecule has 3 rings (SSSR count). The van der Waals surface area contributed by atoms with Crippen LogP contribution in [0.3, 0.4) is 0 Å². The normalized spacial score (nSPS) is 30.8. The predicted molar refractivity (Wildman–Crippen MR) is 71.5 cm³/mol. The van der Waals surface area contributed by atoms with E-state index in [4.69, 9.17) is 0 Å². The first-order chi connectivity index (χ1) is 8.22. The maximum absolute atomic E-state index is 13.6. The fraction of sp³-hybridized carbons (Fsp3) is 0.571. The van der Waals surface area contributed by atoms with Gasteiger partial charge in [-0.15, -0.1) is 0 Å². The second-order valence-electron chi connectivity index (χ2n) is 5.44. The Morgan fingerprint density at radius 2 is 2.18 bits per heavy atom. The van der Waals surface area contributed by atoms with Crippen molar-refractivity contribution in [2.75, 3.05) is 11.9 Å². The van der Waals surface area contributed by atoms with Crippen molar-refractivity contribution < 1.29 is 4.39 Å². The first kappa shape index (κ1) is 11.5. The van der Waals surface area contributed by atoms with Crippen LogP contribution in [0, 0.1) is 23.6 Å². The molecule has 3 heteroatoms. The van der Waals surface area contributed by atoms with Crippen molar-refractivity contribution in [3.8, 4) is 0 Å². The van der Waals surface area contributed by atoms with E-state index in [2.05, 4.69) is 21.2 Å². The van der Waals surface area contributed by atoms with E-state index in [-0.39, 0.29) is 5.82 Å². The van der Waals surface area contributed by atoms with E-state index in [0.29, 0.717) is 5.69 Å². The summed E-state index contributed by atoms with van der Waals surface area (Å²) in [6.07, 6.45) is 5.57. The van der Waals surface area contributed by atoms with Gasteiger partial charge in [-0.3, -0.25) is 0 Å². The maximum Gasteiger partial charge on any atom is 0.147 e. The van der Waals surface area contributed by atoms with Crippen molar-refractivity contribution >= 4 is 21.6 Å². The molecule has 2 bridgehead atoms. The van der Waals surface area contributed by atoms with E-state index in [1.54, 1.807) is 0 Å². The van der Waals surface area contributed by atoms with Crippen molar-refractivity contribution in [3.63, 3.8) is 0 Å². The highest BCUT2D eigenvalue weighted by molar-refractivity contribution is 9.10. The summed E-state index contributed by atoms with van der Waals surface area (Å²) in [5.41, 5.74) is 0.635. The van der Waals surface area contributed by atoms with Gasteiger partial charge in [0.25, 0.3) is 0 Å². The van der Waals surface area contributed by atoms with Crippen LogP contribution in [-0.4, -0.2) is 6.54 Å². The zero-order valence-electron chi connectivity index (χ0n) is 9.76. The number of halogens is 2. The highest BCUT2D eigenvalue weighted by Crippen LogP contribution is 2.48. The predicted octanol–water partition coefficient (Wildman–Crippen LogP) is 4.44. The molecule has 2 aliphatic rings. The highest BCUT2D eigenvalue weighted by Gasteiger charge is 2.39. The highest BCUT2D eigenvalue weighted by atomic mass is 79.9. The molecule has 0 amide bonds. The van der Waals surface area contributed by atoms with Crippen LogP contribution in [0.1, 0.15) is 25.7 Å².